The molecule has 0 saturated carbocycles. The molecular weight excluding hydrogens is 257 g/mol. The Bertz CT molecular complexity index is 521. The average molecular weight is 277 g/mol. The van der Waals surface area contributed by atoms with Crippen LogP contribution in [0.2, 0.25) is 0 Å². The maximum atomic E-state index is 14.3. The number of methoxy groups -OCH3 is 1. The number of benzene rings is 1. The molecule has 20 heavy (non-hydrogen) atoms. The van der Waals surface area contributed by atoms with Crippen LogP contribution >= 0.6 is 0 Å². The number of rotatable bonds is 3. The summed E-state index contributed by atoms with van der Waals surface area (Å²) in [5, 5.41) is 0. The monoisotopic (exact) mass is 277 g/mol. The van der Waals surface area contributed by atoms with Gasteiger partial charge >= 0.3 is 0 Å². The van der Waals surface area contributed by atoms with E-state index in [1.807, 2.05) is 18.2 Å². The summed E-state index contributed by atoms with van der Waals surface area (Å²) in [7, 11) is 1.66. The third-order valence-electron chi connectivity index (χ3n) is 4.06. The van der Waals surface area contributed by atoms with Crippen LogP contribution in [0.25, 0.3) is 5.57 Å². The first kappa shape index (κ1) is 13.6. The van der Waals surface area contributed by atoms with Crippen LogP contribution in [-0.4, -0.2) is 44.9 Å². The van der Waals surface area contributed by atoms with Crippen molar-refractivity contribution in [1.82, 2.24) is 4.90 Å². The van der Waals surface area contributed by atoms with Gasteiger partial charge in [0.1, 0.15) is 11.6 Å². The van der Waals surface area contributed by atoms with Gasteiger partial charge in [-0.25, -0.2) is 4.39 Å². The summed E-state index contributed by atoms with van der Waals surface area (Å²) in [6, 6.07) is 5.93. The second kappa shape index (κ2) is 5.94. The Balaban J connectivity index is 1.85. The lowest BCUT2D eigenvalue weighted by Crippen LogP contribution is -2.37. The topological polar surface area (TPSA) is 21.7 Å². The van der Waals surface area contributed by atoms with E-state index >= 15 is 0 Å². The second-order valence-corrected chi connectivity index (χ2v) is 5.30. The van der Waals surface area contributed by atoms with Crippen molar-refractivity contribution in [3.63, 3.8) is 0 Å². The van der Waals surface area contributed by atoms with E-state index in [4.69, 9.17) is 9.47 Å². The van der Waals surface area contributed by atoms with Crippen LogP contribution in [0.5, 0.6) is 5.75 Å². The molecular formula is C16H20FNO2. The summed E-state index contributed by atoms with van der Waals surface area (Å²) in [5.41, 5.74) is 3.07. The summed E-state index contributed by atoms with van der Waals surface area (Å²) in [6.45, 7) is 3.91. The molecule has 108 valence electrons. The Morgan fingerprint density at radius 3 is 2.80 bits per heavy atom. The van der Waals surface area contributed by atoms with Gasteiger partial charge in [0.25, 0.3) is 0 Å². The number of nitrogens with zero attached hydrogens (tertiary/aromatic N) is 1. The van der Waals surface area contributed by atoms with E-state index in [9.17, 15) is 4.39 Å². The van der Waals surface area contributed by atoms with E-state index in [0.29, 0.717) is 13.0 Å². The van der Waals surface area contributed by atoms with Crippen LogP contribution < -0.4 is 4.74 Å². The largest absolute Gasteiger partial charge is 0.497 e. The van der Waals surface area contributed by atoms with Gasteiger partial charge in [-0.2, -0.15) is 0 Å². The van der Waals surface area contributed by atoms with Gasteiger partial charge in [-0.15, -0.1) is 0 Å². The molecule has 1 aliphatic carbocycles. The number of hydrogen-bond donors (Lipinski definition) is 0. The maximum absolute atomic E-state index is 14.3. The molecule has 1 fully saturated rings. The molecule has 0 bridgehead atoms. The summed E-state index contributed by atoms with van der Waals surface area (Å²) in [5.74, 6) is 0.880. The normalized spacial score (nSPS) is 19.9. The molecule has 1 saturated heterocycles. The Morgan fingerprint density at radius 2 is 2.05 bits per heavy atom. The molecule has 0 unspecified atom stereocenters. The average Bonchev–Trinajstić information content (AvgIpc) is 2.50. The van der Waals surface area contributed by atoms with Gasteiger partial charge in [0.2, 0.25) is 0 Å². The van der Waals surface area contributed by atoms with Crippen LogP contribution in [0.1, 0.15) is 17.5 Å². The highest BCUT2D eigenvalue weighted by Gasteiger charge is 2.22. The van der Waals surface area contributed by atoms with Crippen molar-refractivity contribution in [2.45, 2.75) is 12.8 Å². The van der Waals surface area contributed by atoms with Crippen molar-refractivity contribution in [2.75, 3.05) is 40.0 Å². The van der Waals surface area contributed by atoms with Gasteiger partial charge in [0.05, 0.1) is 20.3 Å². The van der Waals surface area contributed by atoms with E-state index in [2.05, 4.69) is 4.90 Å². The fourth-order valence-electron chi connectivity index (χ4n) is 2.89. The van der Waals surface area contributed by atoms with Gasteiger partial charge < -0.3 is 9.47 Å². The number of halogens is 1. The summed E-state index contributed by atoms with van der Waals surface area (Å²) in [6.07, 6.45) is 1.25. The van der Waals surface area contributed by atoms with Crippen LogP contribution in [0.4, 0.5) is 4.39 Å². The van der Waals surface area contributed by atoms with Gasteiger partial charge in [0.15, 0.2) is 0 Å². The number of morpholine rings is 1. The van der Waals surface area contributed by atoms with Crippen molar-refractivity contribution in [2.24, 2.45) is 0 Å². The quantitative estimate of drug-likeness (QED) is 0.848. The van der Waals surface area contributed by atoms with Gasteiger partial charge in [0, 0.05) is 31.6 Å². The van der Waals surface area contributed by atoms with Crippen molar-refractivity contribution >= 4 is 5.57 Å². The van der Waals surface area contributed by atoms with Crippen molar-refractivity contribution < 1.29 is 13.9 Å². The number of aryl methyl sites for hydroxylation is 1. The minimum atomic E-state index is 0.0363. The summed E-state index contributed by atoms with van der Waals surface area (Å²) in [4.78, 5) is 2.26. The number of allylic oxidation sites excluding steroid dienone is 1. The fourth-order valence-corrected chi connectivity index (χ4v) is 2.89. The van der Waals surface area contributed by atoms with E-state index in [0.717, 1.165) is 49.6 Å². The first-order valence-corrected chi connectivity index (χ1v) is 7.13. The van der Waals surface area contributed by atoms with Crippen LogP contribution in [0, 0.1) is 0 Å². The molecule has 0 N–H and O–H groups in total. The third-order valence-corrected chi connectivity index (χ3v) is 4.06. The molecule has 1 aromatic rings. The molecule has 3 rings (SSSR count). The highest BCUT2D eigenvalue weighted by atomic mass is 19.1. The Labute approximate surface area is 119 Å². The lowest BCUT2D eigenvalue weighted by molar-refractivity contribution is 0.0442. The Kier molecular flexibility index (Phi) is 4.03. The third kappa shape index (κ3) is 2.72. The molecule has 1 aliphatic heterocycles. The van der Waals surface area contributed by atoms with E-state index in [-0.39, 0.29) is 5.83 Å². The van der Waals surface area contributed by atoms with E-state index in [1.165, 1.54) is 5.56 Å². The Hall–Kier alpha value is -1.39. The first-order valence-electron chi connectivity index (χ1n) is 7.13. The standard InChI is InChI=1S/C16H20FNO2/c1-19-13-3-4-14-12(10-13)2-5-16(17)15(14)11-18-6-8-20-9-7-18/h3-4,10H,2,5-9,11H2,1H3. The molecule has 0 atom stereocenters. The molecule has 4 heteroatoms. The number of fused-ring (bicyclic) bond motifs is 1. The molecule has 2 aliphatic rings. The highest BCUT2D eigenvalue weighted by molar-refractivity contribution is 5.73. The maximum Gasteiger partial charge on any atom is 0.119 e. The fraction of sp³-hybridized carbons (Fsp3) is 0.500. The van der Waals surface area contributed by atoms with Gasteiger partial charge in [-0.1, -0.05) is 6.07 Å². The predicted molar refractivity (Wildman–Crippen MR) is 76.6 cm³/mol. The summed E-state index contributed by atoms with van der Waals surface area (Å²) < 4.78 is 24.9. The predicted octanol–water partition coefficient (Wildman–Crippen LogP) is 2.65. The van der Waals surface area contributed by atoms with Crippen LogP contribution in [0.15, 0.2) is 24.0 Å². The smallest absolute Gasteiger partial charge is 0.119 e. The number of ether oxygens (including phenoxy) is 2. The molecule has 0 amide bonds. The van der Waals surface area contributed by atoms with Gasteiger partial charge in [-0.05, 0) is 29.7 Å². The van der Waals surface area contributed by atoms with Gasteiger partial charge in [-0.3, -0.25) is 4.90 Å². The number of hydrogen-bond acceptors (Lipinski definition) is 3. The van der Waals surface area contributed by atoms with E-state index in [1.54, 1.807) is 7.11 Å². The second-order valence-electron chi connectivity index (χ2n) is 5.30. The first-order chi connectivity index (χ1) is 9.78. The SMILES string of the molecule is COc1ccc2c(c1)CCC(F)=C2CN1CCOCC1. The zero-order chi connectivity index (χ0) is 13.9. The van der Waals surface area contributed by atoms with Crippen molar-refractivity contribution in [1.29, 1.82) is 0 Å². The zero-order valence-corrected chi connectivity index (χ0v) is 11.8. The molecule has 0 aromatic heterocycles. The summed E-state index contributed by atoms with van der Waals surface area (Å²) >= 11 is 0. The van der Waals surface area contributed by atoms with Crippen LogP contribution in [0.3, 0.4) is 0 Å². The molecule has 0 spiro atoms. The van der Waals surface area contributed by atoms with Crippen molar-refractivity contribution in [3.05, 3.63) is 35.2 Å². The van der Waals surface area contributed by atoms with Crippen molar-refractivity contribution in [3.8, 4) is 5.75 Å². The lowest BCUT2D eigenvalue weighted by Gasteiger charge is -2.29. The zero-order valence-electron chi connectivity index (χ0n) is 11.8. The molecule has 1 heterocycles. The van der Waals surface area contributed by atoms with Crippen LogP contribution in [-0.2, 0) is 11.2 Å². The van der Waals surface area contributed by atoms with E-state index < -0.39 is 0 Å². The molecule has 0 radical (unpaired) electrons. The minimum Gasteiger partial charge on any atom is -0.497 e. The lowest BCUT2D eigenvalue weighted by atomic mass is 9.89. The minimum absolute atomic E-state index is 0.0363. The highest BCUT2D eigenvalue weighted by Crippen LogP contribution is 2.34. The molecule has 3 nitrogen and oxygen atoms in total. The Morgan fingerprint density at radius 1 is 1.25 bits per heavy atom. The molecule has 1 aromatic carbocycles.